The lowest BCUT2D eigenvalue weighted by molar-refractivity contribution is 0.0930. The van der Waals surface area contributed by atoms with Crippen molar-refractivity contribution < 1.29 is 19.1 Å². The largest absolute Gasteiger partial charge is 0.450 e. The van der Waals surface area contributed by atoms with Gasteiger partial charge in [0.1, 0.15) is 5.82 Å². The van der Waals surface area contributed by atoms with E-state index in [9.17, 15) is 9.59 Å². The second-order valence-corrected chi connectivity index (χ2v) is 6.21. The summed E-state index contributed by atoms with van der Waals surface area (Å²) in [6.45, 7) is 3.02. The molecule has 130 valence electrons. The summed E-state index contributed by atoms with van der Waals surface area (Å²) in [5, 5.41) is 7.93. The molecular formula is C14H17BrN4O4S. The van der Waals surface area contributed by atoms with Gasteiger partial charge >= 0.3 is 6.09 Å². The zero-order valence-corrected chi connectivity index (χ0v) is 15.3. The zero-order valence-electron chi connectivity index (χ0n) is 12.9. The minimum absolute atomic E-state index is 0.0125. The number of aromatic nitrogens is 1. The zero-order chi connectivity index (χ0) is 17.5. The highest BCUT2D eigenvalue weighted by atomic mass is 79.9. The Morgan fingerprint density at radius 1 is 1.54 bits per heavy atom. The lowest BCUT2D eigenvalue weighted by Crippen LogP contribution is -2.37. The molecule has 1 atom stereocenters. The van der Waals surface area contributed by atoms with Crippen LogP contribution in [0.25, 0.3) is 0 Å². The lowest BCUT2D eigenvalue weighted by atomic mass is 10.2. The summed E-state index contributed by atoms with van der Waals surface area (Å²) in [7, 11) is 0. The first-order valence-electron chi connectivity index (χ1n) is 7.28. The lowest BCUT2D eigenvalue weighted by Gasteiger charge is -2.15. The molecule has 1 saturated heterocycles. The molecule has 0 aliphatic carbocycles. The van der Waals surface area contributed by atoms with Crippen LogP contribution in [0.2, 0.25) is 0 Å². The van der Waals surface area contributed by atoms with Crippen molar-refractivity contribution in [1.29, 1.82) is 0 Å². The molecule has 2 amide bonds. The van der Waals surface area contributed by atoms with Crippen molar-refractivity contribution in [3.05, 3.63) is 22.3 Å². The van der Waals surface area contributed by atoms with Crippen molar-refractivity contribution in [3.8, 4) is 0 Å². The van der Waals surface area contributed by atoms with Gasteiger partial charge in [-0.3, -0.25) is 10.1 Å². The van der Waals surface area contributed by atoms with Crippen molar-refractivity contribution >= 4 is 51.1 Å². The molecule has 1 aliphatic heterocycles. The van der Waals surface area contributed by atoms with Crippen LogP contribution in [0, 0.1) is 0 Å². The number of nitrogens with zero attached hydrogens (tertiary/aromatic N) is 1. The fourth-order valence-electron chi connectivity index (χ4n) is 2.02. The maximum absolute atomic E-state index is 12.5. The summed E-state index contributed by atoms with van der Waals surface area (Å²) >= 11 is 8.31. The number of ether oxygens (including phenoxy) is 2. The van der Waals surface area contributed by atoms with E-state index in [4.69, 9.17) is 21.7 Å². The van der Waals surface area contributed by atoms with Crippen LogP contribution in [0.4, 0.5) is 10.6 Å². The van der Waals surface area contributed by atoms with E-state index in [1.54, 1.807) is 13.0 Å². The third kappa shape index (κ3) is 5.39. The molecule has 0 radical (unpaired) electrons. The molecule has 10 heteroatoms. The number of hydrogen-bond acceptors (Lipinski definition) is 6. The molecule has 0 spiro atoms. The minimum atomic E-state index is -0.679. The average molecular weight is 417 g/mol. The van der Waals surface area contributed by atoms with Crippen LogP contribution in [-0.4, -0.2) is 48.0 Å². The van der Waals surface area contributed by atoms with Gasteiger partial charge in [0.2, 0.25) is 0 Å². The van der Waals surface area contributed by atoms with Crippen LogP contribution in [0.5, 0.6) is 0 Å². The number of amides is 2. The quantitative estimate of drug-likeness (QED) is 0.643. The van der Waals surface area contributed by atoms with Gasteiger partial charge in [-0.25, -0.2) is 9.78 Å². The molecule has 0 unspecified atom stereocenters. The Balaban J connectivity index is 2.07. The number of carbonyl (C=O) groups is 2. The first kappa shape index (κ1) is 18.6. The van der Waals surface area contributed by atoms with Crippen LogP contribution in [0.3, 0.4) is 0 Å². The van der Waals surface area contributed by atoms with Crippen molar-refractivity contribution in [2.45, 2.75) is 19.4 Å². The Hall–Kier alpha value is -1.78. The summed E-state index contributed by atoms with van der Waals surface area (Å²) in [5.41, 5.74) is 0.296. The number of nitrogens with one attached hydrogen (secondary N) is 3. The SMILES string of the molecule is CCOC(=O)NC(=S)Nc1ncc(Br)cc1C(=O)N[C@H]1CCOC1. The molecule has 1 aliphatic rings. The first-order valence-corrected chi connectivity index (χ1v) is 8.48. The monoisotopic (exact) mass is 416 g/mol. The summed E-state index contributed by atoms with van der Waals surface area (Å²) < 4.78 is 10.6. The Morgan fingerprint density at radius 2 is 2.33 bits per heavy atom. The molecule has 1 aromatic heterocycles. The summed E-state index contributed by atoms with van der Waals surface area (Å²) in [4.78, 5) is 28.0. The molecule has 1 aromatic rings. The standard InChI is InChI=1S/C14H17BrN4O4S/c1-2-23-14(21)19-13(24)18-11-10(5-8(15)6-16-11)12(20)17-9-3-4-22-7-9/h5-6,9H,2-4,7H2,1H3,(H,17,20)(H2,16,18,19,21,24)/t9-/m0/s1. The van der Waals surface area contributed by atoms with E-state index in [2.05, 4.69) is 36.9 Å². The maximum Gasteiger partial charge on any atom is 0.413 e. The topological polar surface area (TPSA) is 102 Å². The number of halogens is 1. The van der Waals surface area contributed by atoms with Gasteiger partial charge in [-0.2, -0.15) is 0 Å². The highest BCUT2D eigenvalue weighted by molar-refractivity contribution is 9.10. The third-order valence-corrected chi connectivity index (χ3v) is 3.72. The number of rotatable bonds is 4. The summed E-state index contributed by atoms with van der Waals surface area (Å²) in [6, 6.07) is 1.59. The molecule has 1 fully saturated rings. The summed E-state index contributed by atoms with van der Waals surface area (Å²) in [5.74, 6) is -0.0721. The highest BCUT2D eigenvalue weighted by Gasteiger charge is 2.21. The second-order valence-electron chi connectivity index (χ2n) is 4.88. The van der Waals surface area contributed by atoms with Gasteiger partial charge in [0.25, 0.3) is 5.91 Å². The molecule has 0 aromatic carbocycles. The van der Waals surface area contributed by atoms with Gasteiger partial charge in [0.05, 0.1) is 24.8 Å². The smallest absolute Gasteiger partial charge is 0.413 e. The molecule has 2 heterocycles. The Morgan fingerprint density at radius 3 is 3.00 bits per heavy atom. The molecule has 8 nitrogen and oxygen atoms in total. The highest BCUT2D eigenvalue weighted by Crippen LogP contribution is 2.19. The van der Waals surface area contributed by atoms with Crippen molar-refractivity contribution in [2.24, 2.45) is 0 Å². The van der Waals surface area contributed by atoms with Gasteiger partial charge in [-0.05, 0) is 47.6 Å². The van der Waals surface area contributed by atoms with Gasteiger partial charge < -0.3 is 20.1 Å². The van der Waals surface area contributed by atoms with E-state index in [1.165, 1.54) is 6.20 Å². The van der Waals surface area contributed by atoms with Crippen LogP contribution in [-0.2, 0) is 9.47 Å². The molecule has 3 N–H and O–H groups in total. The second kappa shape index (κ2) is 8.90. The van der Waals surface area contributed by atoms with Gasteiger partial charge in [0, 0.05) is 17.3 Å². The fourth-order valence-corrected chi connectivity index (χ4v) is 2.53. The number of thiocarbonyl (C=S) groups is 1. The van der Waals surface area contributed by atoms with Crippen molar-refractivity contribution in [2.75, 3.05) is 25.1 Å². The molecule has 0 bridgehead atoms. The van der Waals surface area contributed by atoms with E-state index >= 15 is 0 Å². The predicted octanol–water partition coefficient (Wildman–Crippen LogP) is 1.81. The van der Waals surface area contributed by atoms with Gasteiger partial charge in [0.15, 0.2) is 5.11 Å². The third-order valence-electron chi connectivity index (χ3n) is 3.09. The summed E-state index contributed by atoms with van der Waals surface area (Å²) in [6.07, 6.45) is 1.60. The normalized spacial score (nSPS) is 16.3. The van der Waals surface area contributed by atoms with Crippen molar-refractivity contribution in [1.82, 2.24) is 15.6 Å². The van der Waals surface area contributed by atoms with Gasteiger partial charge in [-0.15, -0.1) is 0 Å². The molecule has 24 heavy (non-hydrogen) atoms. The van der Waals surface area contributed by atoms with Gasteiger partial charge in [-0.1, -0.05) is 0 Å². The van der Waals surface area contributed by atoms with E-state index in [0.29, 0.717) is 23.2 Å². The number of anilines is 1. The molecule has 0 saturated carbocycles. The Bertz CT molecular complexity index is 637. The van der Waals surface area contributed by atoms with E-state index < -0.39 is 6.09 Å². The van der Waals surface area contributed by atoms with E-state index in [1.807, 2.05) is 0 Å². The maximum atomic E-state index is 12.5. The van der Waals surface area contributed by atoms with Crippen LogP contribution < -0.4 is 16.0 Å². The minimum Gasteiger partial charge on any atom is -0.450 e. The van der Waals surface area contributed by atoms with E-state index in [0.717, 1.165) is 6.42 Å². The number of pyridine rings is 1. The number of alkyl carbamates (subject to hydrolysis) is 1. The fraction of sp³-hybridized carbons (Fsp3) is 0.429. The predicted molar refractivity (Wildman–Crippen MR) is 95.0 cm³/mol. The van der Waals surface area contributed by atoms with Crippen LogP contribution >= 0.6 is 28.1 Å². The molecule has 2 rings (SSSR count). The van der Waals surface area contributed by atoms with Crippen LogP contribution in [0.1, 0.15) is 23.7 Å². The first-order chi connectivity index (χ1) is 11.5. The Kier molecular flexibility index (Phi) is 6.88. The van der Waals surface area contributed by atoms with Crippen molar-refractivity contribution in [3.63, 3.8) is 0 Å². The number of hydrogen-bond donors (Lipinski definition) is 3. The van der Waals surface area contributed by atoms with E-state index in [-0.39, 0.29) is 29.5 Å². The van der Waals surface area contributed by atoms with Crippen LogP contribution in [0.15, 0.2) is 16.7 Å². The number of carbonyl (C=O) groups excluding carboxylic acids is 2. The average Bonchev–Trinajstić information content (AvgIpc) is 3.02. The molecular weight excluding hydrogens is 400 g/mol. The Labute approximate surface area is 152 Å².